The smallest absolute Gasteiger partial charge is 0.0134 e. The summed E-state index contributed by atoms with van der Waals surface area (Å²) in [6.45, 7) is 0. The van der Waals surface area contributed by atoms with Gasteiger partial charge in [-0.15, -0.1) is 0 Å². The Morgan fingerprint density at radius 1 is 0.565 bits per heavy atom. The summed E-state index contributed by atoms with van der Waals surface area (Å²) in [4.78, 5) is 7.25. The summed E-state index contributed by atoms with van der Waals surface area (Å²) in [5.74, 6) is 0. The molecule has 0 saturated carbocycles. The fourth-order valence-electron chi connectivity index (χ4n) is 2.18. The Hall–Kier alpha value is -1.09. The molecular formula is C18H15INNiOP-. The number of benzene rings is 3. The number of nitrogens with zero attached hydrogens (tertiary/aromatic N) is 1. The van der Waals surface area contributed by atoms with Crippen LogP contribution in [0.4, 0.5) is 0 Å². The van der Waals surface area contributed by atoms with Gasteiger partial charge in [-0.25, -0.2) is 0 Å². The molecule has 23 heavy (non-hydrogen) atoms. The maximum absolute atomic E-state index is 7.25. The minimum absolute atomic E-state index is 0.446. The van der Waals surface area contributed by atoms with Crippen LogP contribution in [0.15, 0.2) is 91.0 Å². The zero-order valence-electron chi connectivity index (χ0n) is 12.2. The van der Waals surface area contributed by atoms with Gasteiger partial charge in [0.25, 0.3) is 0 Å². The zero-order chi connectivity index (χ0) is 16.9. The van der Waals surface area contributed by atoms with Gasteiger partial charge in [0.05, 0.1) is 0 Å². The van der Waals surface area contributed by atoms with Gasteiger partial charge in [-0.3, -0.25) is 0 Å². The van der Waals surface area contributed by atoms with Crippen molar-refractivity contribution in [3.63, 3.8) is 0 Å². The minimum atomic E-state index is -0.446. The van der Waals surface area contributed by atoms with Gasteiger partial charge in [-0.1, -0.05) is 91.0 Å². The minimum Gasteiger partial charge on any atom is -0.0622 e. The van der Waals surface area contributed by atoms with Crippen LogP contribution in [0, 0.1) is 4.91 Å². The summed E-state index contributed by atoms with van der Waals surface area (Å²) in [5, 5.41) is 4.19. The third-order valence-corrected chi connectivity index (χ3v) is 5.49. The topological polar surface area (TPSA) is 39.4 Å². The molecule has 0 atom stereocenters. The molecule has 0 heterocycles. The molecule has 2 nitrogen and oxygen atoms in total. The summed E-state index contributed by atoms with van der Waals surface area (Å²) in [7, 11) is -0.446. The summed E-state index contributed by atoms with van der Waals surface area (Å²) in [5.41, 5.74) is 5.75. The van der Waals surface area contributed by atoms with E-state index in [0.29, 0.717) is 0 Å². The predicted molar refractivity (Wildman–Crippen MR) is 106 cm³/mol. The Bertz CT molecular complexity index is 562. The van der Waals surface area contributed by atoms with Crippen LogP contribution in [0.5, 0.6) is 0 Å². The number of nitroso groups, excluding NO2 is 1. The molecule has 0 saturated heterocycles. The van der Waals surface area contributed by atoms with Crippen molar-refractivity contribution in [1.29, 1.82) is 0 Å². The molecule has 0 unspecified atom stereocenters. The van der Waals surface area contributed by atoms with Gasteiger partial charge in [0.1, 0.15) is 0 Å². The van der Waals surface area contributed by atoms with Gasteiger partial charge in [0.2, 0.25) is 0 Å². The second kappa shape index (κ2) is 12.4. The van der Waals surface area contributed by atoms with E-state index in [0.717, 1.165) is 0 Å². The number of hydrogen-bond acceptors (Lipinski definition) is 1. The molecule has 5 heteroatoms. The number of hydrogen-bond donors (Lipinski definition) is 0. The molecule has 0 aliphatic carbocycles. The van der Waals surface area contributed by atoms with E-state index >= 15 is 0 Å². The van der Waals surface area contributed by atoms with E-state index in [1.54, 1.807) is 20.5 Å². The molecule has 0 spiro atoms. The fourth-order valence-corrected chi connectivity index (χ4v) is 4.48. The maximum atomic E-state index is 7.25. The van der Waals surface area contributed by atoms with Crippen LogP contribution in [0.1, 0.15) is 0 Å². The molecule has 0 aliphatic heterocycles. The van der Waals surface area contributed by atoms with Gasteiger partial charge < -0.3 is 10.5 Å². The fraction of sp³-hybridized carbons (Fsp3) is 0. The van der Waals surface area contributed by atoms with Crippen LogP contribution in [-0.4, -0.2) is 0 Å². The third kappa shape index (κ3) is 6.14. The number of halogens is 1. The monoisotopic (exact) mass is 477 g/mol. The quantitative estimate of drug-likeness (QED) is 0.307. The van der Waals surface area contributed by atoms with Gasteiger partial charge in [-0.2, -0.15) is 0 Å². The van der Waals surface area contributed by atoms with E-state index in [4.69, 9.17) is 10.5 Å². The van der Waals surface area contributed by atoms with Crippen molar-refractivity contribution in [3.05, 3.63) is 101 Å². The molecule has 0 aromatic heterocycles. The van der Waals surface area contributed by atoms with Gasteiger partial charge in [0.15, 0.2) is 0 Å². The van der Waals surface area contributed by atoms with E-state index in [2.05, 4.69) is 103 Å². The molecule has 0 bridgehead atoms. The molecular weight excluding hydrogens is 463 g/mol. The molecule has 0 aliphatic rings. The SMILES string of the molecule is [N-]=O.[Ni][I].c1ccc(P(c2ccccc2)c2ccccc2)cc1. The van der Waals surface area contributed by atoms with Crippen LogP contribution in [0.2, 0.25) is 0 Å². The van der Waals surface area contributed by atoms with E-state index in [9.17, 15) is 0 Å². The summed E-state index contributed by atoms with van der Waals surface area (Å²) in [6, 6.07) is 32.3. The second-order valence-corrected chi connectivity index (χ2v) is 6.56. The molecule has 0 radical (unpaired) electrons. The van der Waals surface area contributed by atoms with Crippen molar-refractivity contribution in [2.24, 2.45) is 0 Å². The molecule has 3 aromatic carbocycles. The zero-order valence-corrected chi connectivity index (χ0v) is 16.2. The molecule has 121 valence electrons. The Morgan fingerprint density at radius 3 is 1.00 bits per heavy atom. The maximum Gasteiger partial charge on any atom is -0.0134 e. The van der Waals surface area contributed by atoms with Gasteiger partial charge >= 0.3 is 32.8 Å². The number of rotatable bonds is 3. The van der Waals surface area contributed by atoms with E-state index in [-0.39, 0.29) is 0 Å². The molecule has 3 rings (SSSR count). The van der Waals surface area contributed by atoms with Crippen LogP contribution < -0.4 is 15.9 Å². The Balaban J connectivity index is 0.000000615. The standard InChI is InChI=1S/C18H15P.HI.NO.Ni/c1-4-10-16(11-5-1)19(17-12-6-2-7-13-17)18-14-8-3-9-15-18;;1-2;/h1-15H;1H;;/q;;-1;+1/p-1. The Morgan fingerprint density at radius 2 is 0.783 bits per heavy atom. The first-order valence-electron chi connectivity index (χ1n) is 6.70. The Kier molecular flexibility index (Phi) is 10.7. The summed E-state index contributed by atoms with van der Waals surface area (Å²) in [6.07, 6.45) is 0. The molecule has 3 aromatic rings. The van der Waals surface area contributed by atoms with Gasteiger partial charge in [0, 0.05) is 0 Å². The third-order valence-electron chi connectivity index (χ3n) is 3.04. The van der Waals surface area contributed by atoms with Crippen LogP contribution in [0.25, 0.3) is 5.59 Å². The average molecular weight is 478 g/mol. The van der Waals surface area contributed by atoms with Crippen LogP contribution in [-0.2, 0) is 12.3 Å². The van der Waals surface area contributed by atoms with Crippen molar-refractivity contribution in [2.45, 2.75) is 0 Å². The molecule has 0 amide bonds. The van der Waals surface area contributed by atoms with E-state index in [1.807, 2.05) is 0 Å². The normalized spacial score (nSPS) is 9.22. The van der Waals surface area contributed by atoms with Crippen molar-refractivity contribution >= 4 is 44.3 Å². The van der Waals surface area contributed by atoms with Crippen molar-refractivity contribution in [2.75, 3.05) is 0 Å². The summed E-state index contributed by atoms with van der Waals surface area (Å²) >= 11 is 5.62. The van der Waals surface area contributed by atoms with E-state index in [1.165, 1.54) is 15.9 Å². The second-order valence-electron chi connectivity index (χ2n) is 4.34. The summed E-state index contributed by atoms with van der Waals surface area (Å²) < 4.78 is 0. The first kappa shape index (κ1) is 20.0. The van der Waals surface area contributed by atoms with Crippen molar-refractivity contribution in [3.8, 4) is 0 Å². The average Bonchev–Trinajstić information content (AvgIpc) is 2.68. The van der Waals surface area contributed by atoms with Crippen LogP contribution in [0.3, 0.4) is 0 Å². The first-order chi connectivity index (χ1) is 11.4. The first-order valence-corrected chi connectivity index (χ1v) is 11.2. The Labute approximate surface area is 157 Å². The largest absolute Gasteiger partial charge is 0.0622 e. The molecule has 0 N–H and O–H groups in total. The van der Waals surface area contributed by atoms with E-state index < -0.39 is 7.92 Å². The van der Waals surface area contributed by atoms with Crippen molar-refractivity contribution < 1.29 is 12.3 Å². The molecule has 0 fully saturated rings. The van der Waals surface area contributed by atoms with Crippen molar-refractivity contribution in [1.82, 2.24) is 0 Å². The predicted octanol–water partition coefficient (Wildman–Crippen LogP) is 4.65. The van der Waals surface area contributed by atoms with Gasteiger partial charge in [-0.05, 0) is 23.8 Å². The van der Waals surface area contributed by atoms with Crippen LogP contribution >= 0.6 is 28.4 Å².